The van der Waals surface area contributed by atoms with Crippen LogP contribution in [0.1, 0.15) is 48.3 Å². The van der Waals surface area contributed by atoms with Gasteiger partial charge in [0, 0.05) is 72.5 Å². The predicted octanol–water partition coefficient (Wildman–Crippen LogP) is 10.1. The molecule has 0 saturated carbocycles. The Morgan fingerprint density at radius 1 is 0.474 bits per heavy atom. The molecule has 1 radical (unpaired) electrons. The Morgan fingerprint density at radius 3 is 1.19 bits per heavy atom. The van der Waals surface area contributed by atoms with Gasteiger partial charge in [0.15, 0.2) is 17.3 Å². The Bertz CT molecular complexity index is 2050. The van der Waals surface area contributed by atoms with Gasteiger partial charge in [-0.15, -0.1) is 34.0 Å². The van der Waals surface area contributed by atoms with Crippen LogP contribution in [0.15, 0.2) is 101 Å². The molecule has 0 spiro atoms. The number of aromatic nitrogens is 2. The quantitative estimate of drug-likeness (QED) is 0.0606. The molecule has 0 atom stereocenters. The Kier molecular flexibility index (Phi) is 19.3. The number of ketones is 6. The van der Waals surface area contributed by atoms with Gasteiger partial charge < -0.3 is 0 Å². The van der Waals surface area contributed by atoms with E-state index in [0.717, 1.165) is 55.8 Å². The van der Waals surface area contributed by atoms with Crippen molar-refractivity contribution < 1.29 is 118 Å². The van der Waals surface area contributed by atoms with E-state index in [-0.39, 0.29) is 64.0 Å². The molecule has 301 valence electrons. The number of thiophene rings is 3. The largest absolute Gasteiger partial charge is 0.450 e. The van der Waals surface area contributed by atoms with Gasteiger partial charge in [-0.1, -0.05) is 30.3 Å². The van der Waals surface area contributed by atoms with E-state index in [9.17, 15) is 68.3 Å². The van der Waals surface area contributed by atoms with Gasteiger partial charge in [-0.05, 0) is 58.6 Å². The molecule has 0 bridgehead atoms. The average Bonchev–Trinajstić information content (AvgIpc) is 3.96. The van der Waals surface area contributed by atoms with Crippen molar-refractivity contribution in [3.05, 3.63) is 116 Å². The Labute approximate surface area is 368 Å². The molecule has 0 unspecified atom stereocenters. The molecule has 0 saturated heterocycles. The van der Waals surface area contributed by atoms with Crippen molar-refractivity contribution in [2.45, 2.75) is 37.8 Å². The fraction of sp³-hybridized carbons (Fsp3) is 0.167. The second-order valence-corrected chi connectivity index (χ2v) is 13.5. The molecule has 6 rings (SSSR count). The summed E-state index contributed by atoms with van der Waals surface area (Å²) in [5, 5.41) is 6.96. The van der Waals surface area contributed by atoms with Gasteiger partial charge in [-0.25, -0.2) is 0 Å². The van der Waals surface area contributed by atoms with Crippen LogP contribution in [0.2, 0.25) is 0 Å². The molecular weight excluding hydrogens is 976 g/mol. The molecule has 21 heteroatoms. The number of hydrogen-bond acceptors (Lipinski definition) is 11. The van der Waals surface area contributed by atoms with Crippen LogP contribution < -0.4 is 0 Å². The Balaban J connectivity index is 0.000000261. The molecule has 0 aliphatic carbocycles. The van der Waals surface area contributed by atoms with Crippen molar-refractivity contribution >= 4 is 90.5 Å². The SMILES string of the molecule is O=C(CC(=O)C(F)(F)F)c1cccs1.O=C(CC(=O)C(F)(F)F)c1cccs1.O=C(CC(=O)C(F)(F)F)c1cccs1.[Eu].c1cnc2c(c1)ccc1ncccc12. The summed E-state index contributed by atoms with van der Waals surface area (Å²) in [7, 11) is 0. The van der Waals surface area contributed by atoms with E-state index in [0.29, 0.717) is 0 Å². The Morgan fingerprint density at radius 2 is 0.842 bits per heavy atom. The van der Waals surface area contributed by atoms with Gasteiger partial charge in [-0.2, -0.15) is 39.5 Å². The number of pyridine rings is 2. The number of carbonyl (C=O) groups is 6. The van der Waals surface area contributed by atoms with E-state index >= 15 is 0 Å². The number of halogens is 9. The summed E-state index contributed by atoms with van der Waals surface area (Å²) in [5.41, 5.74) is 2.02. The predicted molar refractivity (Wildman–Crippen MR) is 190 cm³/mol. The second kappa shape index (κ2) is 22.3. The van der Waals surface area contributed by atoms with Crippen LogP contribution >= 0.6 is 34.0 Å². The van der Waals surface area contributed by atoms with E-state index in [1.54, 1.807) is 22.3 Å². The molecule has 0 aliphatic rings. The molecule has 0 aliphatic heterocycles. The van der Waals surface area contributed by atoms with Gasteiger partial charge in [0.2, 0.25) is 17.3 Å². The van der Waals surface area contributed by atoms with Crippen LogP contribution in [-0.2, 0) is 14.4 Å². The molecule has 8 nitrogen and oxygen atoms in total. The summed E-state index contributed by atoms with van der Waals surface area (Å²) < 4.78 is 106. The summed E-state index contributed by atoms with van der Waals surface area (Å²) in [5.74, 6) is -8.38. The summed E-state index contributed by atoms with van der Waals surface area (Å²) in [4.78, 5) is 73.6. The van der Waals surface area contributed by atoms with Crippen molar-refractivity contribution in [3.8, 4) is 0 Å². The zero-order valence-corrected chi connectivity index (χ0v) is 33.2. The zero-order valence-electron chi connectivity index (χ0n) is 28.3. The third-order valence-corrected chi connectivity index (χ3v) is 9.39. The first-order chi connectivity index (χ1) is 26.2. The number of alkyl halides is 9. The van der Waals surface area contributed by atoms with Crippen LogP contribution in [0.25, 0.3) is 21.8 Å². The van der Waals surface area contributed by atoms with Gasteiger partial charge in [0.05, 0.1) is 44.9 Å². The maximum absolute atomic E-state index is 11.8. The zero-order chi connectivity index (χ0) is 41.7. The minimum Gasteiger partial charge on any atom is -0.293 e. The third-order valence-electron chi connectivity index (χ3n) is 6.65. The van der Waals surface area contributed by atoms with Crippen LogP contribution in [0.4, 0.5) is 39.5 Å². The summed E-state index contributed by atoms with van der Waals surface area (Å²) in [6.07, 6.45) is -14.5. The number of Topliss-reactive ketones (excluding diaryl/α,β-unsaturated/α-hetero) is 6. The smallest absolute Gasteiger partial charge is 0.293 e. The summed E-state index contributed by atoms with van der Waals surface area (Å²) in [6.45, 7) is 0. The number of benzene rings is 1. The van der Waals surface area contributed by atoms with Gasteiger partial charge >= 0.3 is 18.5 Å². The summed E-state index contributed by atoms with van der Waals surface area (Å²) >= 11 is 3.04. The van der Waals surface area contributed by atoms with E-state index < -0.39 is 72.5 Å². The molecular formula is C36H23EuF9N2O6S3. The maximum Gasteiger partial charge on any atom is 0.450 e. The fourth-order valence-electron chi connectivity index (χ4n) is 4.01. The monoisotopic (exact) mass is 999 g/mol. The first-order valence-electron chi connectivity index (χ1n) is 15.3. The van der Waals surface area contributed by atoms with Gasteiger partial charge in [0.25, 0.3) is 0 Å². The molecule has 0 fully saturated rings. The number of carbonyl (C=O) groups excluding carboxylic acids is 6. The van der Waals surface area contributed by atoms with E-state index in [4.69, 9.17) is 0 Å². The molecule has 6 aromatic rings. The number of fused-ring (bicyclic) bond motifs is 3. The van der Waals surface area contributed by atoms with Crippen LogP contribution in [0.5, 0.6) is 0 Å². The molecule has 5 heterocycles. The molecule has 0 N–H and O–H groups in total. The number of nitrogens with zero attached hydrogens (tertiary/aromatic N) is 2. The first-order valence-corrected chi connectivity index (χ1v) is 17.9. The van der Waals surface area contributed by atoms with E-state index in [2.05, 4.69) is 28.2 Å². The number of hydrogen-bond donors (Lipinski definition) is 0. The van der Waals surface area contributed by atoms with Crippen LogP contribution in [-0.4, -0.2) is 63.2 Å². The van der Waals surface area contributed by atoms with E-state index in [1.807, 2.05) is 24.4 Å². The van der Waals surface area contributed by atoms with Crippen molar-refractivity contribution in [1.82, 2.24) is 9.97 Å². The summed E-state index contributed by atoms with van der Waals surface area (Å²) in [6, 6.07) is 20.9. The minimum absolute atomic E-state index is 0. The topological polar surface area (TPSA) is 128 Å². The van der Waals surface area contributed by atoms with Crippen molar-refractivity contribution in [3.63, 3.8) is 0 Å². The van der Waals surface area contributed by atoms with Gasteiger partial charge in [0.1, 0.15) is 0 Å². The molecule has 57 heavy (non-hydrogen) atoms. The normalized spacial score (nSPS) is 11.0. The molecule has 5 aromatic heterocycles. The average molecular weight is 999 g/mol. The van der Waals surface area contributed by atoms with Gasteiger partial charge in [-0.3, -0.25) is 38.7 Å². The third kappa shape index (κ3) is 16.1. The first kappa shape index (κ1) is 49.3. The maximum atomic E-state index is 11.8. The van der Waals surface area contributed by atoms with Crippen LogP contribution in [0, 0.1) is 49.4 Å². The van der Waals surface area contributed by atoms with Crippen molar-refractivity contribution in [2.24, 2.45) is 0 Å². The Hall–Kier alpha value is -3.89. The van der Waals surface area contributed by atoms with Crippen LogP contribution in [0.3, 0.4) is 0 Å². The second-order valence-electron chi connectivity index (χ2n) is 10.7. The van der Waals surface area contributed by atoms with E-state index in [1.165, 1.54) is 36.4 Å². The number of rotatable bonds is 9. The fourth-order valence-corrected chi connectivity index (χ4v) is 6.00. The standard InChI is InChI=1S/C12H8N2.3C8H5F3O2S.Eu/c1-3-9-5-6-11-10(4-2-7-13-11)12(9)14-8-1;3*9-8(10,11)7(13)4-5(12)6-2-1-3-14-6;/h1-8H;3*1-3H,4H2;. The minimum atomic E-state index is -4.92. The van der Waals surface area contributed by atoms with Crippen molar-refractivity contribution in [1.29, 1.82) is 0 Å². The van der Waals surface area contributed by atoms with Crippen molar-refractivity contribution in [2.75, 3.05) is 0 Å². The molecule has 0 amide bonds. The molecule has 1 aromatic carbocycles.